The molecular formula is C14H17ClN2O. The van der Waals surface area contributed by atoms with Gasteiger partial charge in [0.05, 0.1) is 12.7 Å². The molecule has 2 rings (SSSR count). The van der Waals surface area contributed by atoms with Gasteiger partial charge in [0.1, 0.15) is 0 Å². The van der Waals surface area contributed by atoms with Crippen LogP contribution in [0.5, 0.6) is 0 Å². The van der Waals surface area contributed by atoms with Crippen molar-refractivity contribution in [3.63, 3.8) is 0 Å². The van der Waals surface area contributed by atoms with Gasteiger partial charge in [0.25, 0.3) is 0 Å². The summed E-state index contributed by atoms with van der Waals surface area (Å²) >= 11 is 5.94. The van der Waals surface area contributed by atoms with Crippen molar-refractivity contribution < 1.29 is 4.42 Å². The van der Waals surface area contributed by atoms with E-state index < -0.39 is 0 Å². The van der Waals surface area contributed by atoms with E-state index in [4.69, 9.17) is 16.0 Å². The van der Waals surface area contributed by atoms with Gasteiger partial charge in [-0.05, 0) is 30.7 Å². The predicted molar refractivity (Wildman–Crippen MR) is 73.7 cm³/mol. The first-order valence-corrected chi connectivity index (χ1v) is 6.38. The molecule has 1 aromatic carbocycles. The van der Waals surface area contributed by atoms with Gasteiger partial charge in [0.15, 0.2) is 5.76 Å². The second-order valence-corrected chi connectivity index (χ2v) is 5.05. The molecule has 0 aliphatic rings. The van der Waals surface area contributed by atoms with Crippen LogP contribution in [0.25, 0.3) is 11.3 Å². The zero-order valence-electron chi connectivity index (χ0n) is 10.8. The Bertz CT molecular complexity index is 534. The lowest BCUT2D eigenvalue weighted by atomic mass is 10.1. The van der Waals surface area contributed by atoms with E-state index in [0.717, 1.165) is 21.9 Å². The first-order valence-electron chi connectivity index (χ1n) is 6.01. The first kappa shape index (κ1) is 13.1. The summed E-state index contributed by atoms with van der Waals surface area (Å²) in [7, 11) is 0. The van der Waals surface area contributed by atoms with Gasteiger partial charge in [-0.1, -0.05) is 25.4 Å². The molecule has 1 heterocycles. The number of benzene rings is 1. The highest BCUT2D eigenvalue weighted by molar-refractivity contribution is 6.30. The topological polar surface area (TPSA) is 38.1 Å². The molecule has 0 unspecified atom stereocenters. The van der Waals surface area contributed by atoms with Gasteiger partial charge in [0, 0.05) is 16.6 Å². The van der Waals surface area contributed by atoms with Crippen LogP contribution in [-0.2, 0) is 6.54 Å². The number of aryl methyl sites for hydroxylation is 1. The summed E-state index contributed by atoms with van der Waals surface area (Å²) in [5.41, 5.74) is 2.12. The third-order valence-electron chi connectivity index (χ3n) is 2.67. The van der Waals surface area contributed by atoms with Crippen LogP contribution in [0.1, 0.15) is 25.3 Å². The van der Waals surface area contributed by atoms with Crippen molar-refractivity contribution in [3.8, 4) is 11.3 Å². The molecule has 0 fully saturated rings. The Morgan fingerprint density at radius 2 is 2.17 bits per heavy atom. The van der Waals surface area contributed by atoms with Crippen LogP contribution in [0, 0.1) is 6.92 Å². The quantitative estimate of drug-likeness (QED) is 0.913. The van der Waals surface area contributed by atoms with E-state index in [-0.39, 0.29) is 0 Å². The lowest BCUT2D eigenvalue weighted by molar-refractivity contribution is 0.459. The second-order valence-electron chi connectivity index (χ2n) is 4.61. The van der Waals surface area contributed by atoms with E-state index in [2.05, 4.69) is 24.1 Å². The molecule has 0 aliphatic heterocycles. The molecule has 0 saturated heterocycles. The van der Waals surface area contributed by atoms with Crippen molar-refractivity contribution in [1.82, 2.24) is 10.3 Å². The van der Waals surface area contributed by atoms with Crippen molar-refractivity contribution >= 4 is 11.6 Å². The monoisotopic (exact) mass is 264 g/mol. The van der Waals surface area contributed by atoms with E-state index in [1.165, 1.54) is 0 Å². The standard InChI is InChI=1S/C14H17ClN2O/c1-9(2)16-8-14-17-7-13(18-14)12-5-4-11(15)6-10(12)3/h4-7,9,16H,8H2,1-3H3. The Hall–Kier alpha value is -1.32. The number of oxazole rings is 1. The number of nitrogens with zero attached hydrogens (tertiary/aromatic N) is 1. The third-order valence-corrected chi connectivity index (χ3v) is 2.90. The highest BCUT2D eigenvalue weighted by Crippen LogP contribution is 2.26. The summed E-state index contributed by atoms with van der Waals surface area (Å²) in [6.45, 7) is 6.83. The van der Waals surface area contributed by atoms with Crippen LogP contribution >= 0.6 is 11.6 Å². The number of hydrogen-bond donors (Lipinski definition) is 1. The van der Waals surface area contributed by atoms with Gasteiger partial charge in [-0.15, -0.1) is 0 Å². The molecule has 0 saturated carbocycles. The smallest absolute Gasteiger partial charge is 0.208 e. The molecule has 18 heavy (non-hydrogen) atoms. The normalized spacial score (nSPS) is 11.2. The zero-order chi connectivity index (χ0) is 13.1. The summed E-state index contributed by atoms with van der Waals surface area (Å²) < 4.78 is 5.72. The largest absolute Gasteiger partial charge is 0.439 e. The maximum Gasteiger partial charge on any atom is 0.208 e. The van der Waals surface area contributed by atoms with E-state index in [0.29, 0.717) is 18.5 Å². The average Bonchev–Trinajstić information content (AvgIpc) is 2.75. The van der Waals surface area contributed by atoms with Crippen molar-refractivity contribution in [1.29, 1.82) is 0 Å². The summed E-state index contributed by atoms with van der Waals surface area (Å²) in [6, 6.07) is 6.15. The Morgan fingerprint density at radius 3 is 2.83 bits per heavy atom. The van der Waals surface area contributed by atoms with Crippen molar-refractivity contribution in [3.05, 3.63) is 40.9 Å². The Labute approximate surface area is 112 Å². The Kier molecular flexibility index (Phi) is 4.04. The summed E-state index contributed by atoms with van der Waals surface area (Å²) in [6.07, 6.45) is 1.76. The number of aromatic nitrogens is 1. The molecule has 3 nitrogen and oxygen atoms in total. The summed E-state index contributed by atoms with van der Waals surface area (Å²) in [5, 5.41) is 4.01. The van der Waals surface area contributed by atoms with Crippen molar-refractivity contribution in [2.24, 2.45) is 0 Å². The first-order chi connectivity index (χ1) is 8.56. The fourth-order valence-electron chi connectivity index (χ4n) is 1.71. The molecule has 0 radical (unpaired) electrons. The van der Waals surface area contributed by atoms with E-state index in [1.807, 2.05) is 25.1 Å². The summed E-state index contributed by atoms with van der Waals surface area (Å²) in [4.78, 5) is 4.27. The molecule has 1 N–H and O–H groups in total. The predicted octanol–water partition coefficient (Wildman–Crippen LogP) is 3.80. The minimum atomic E-state index is 0.414. The second kappa shape index (κ2) is 5.55. The number of nitrogens with one attached hydrogen (secondary N) is 1. The highest BCUT2D eigenvalue weighted by atomic mass is 35.5. The van der Waals surface area contributed by atoms with E-state index in [9.17, 15) is 0 Å². The molecule has 0 amide bonds. The van der Waals surface area contributed by atoms with Crippen LogP contribution in [0.3, 0.4) is 0 Å². The van der Waals surface area contributed by atoms with E-state index >= 15 is 0 Å². The van der Waals surface area contributed by atoms with Gasteiger partial charge in [-0.3, -0.25) is 0 Å². The fraction of sp³-hybridized carbons (Fsp3) is 0.357. The Balaban J connectivity index is 2.18. The van der Waals surface area contributed by atoms with Crippen LogP contribution in [0.4, 0.5) is 0 Å². The molecule has 0 aliphatic carbocycles. The van der Waals surface area contributed by atoms with E-state index in [1.54, 1.807) is 6.20 Å². The van der Waals surface area contributed by atoms with Crippen LogP contribution < -0.4 is 5.32 Å². The lowest BCUT2D eigenvalue weighted by Crippen LogP contribution is -2.21. The molecule has 0 spiro atoms. The van der Waals surface area contributed by atoms with Gasteiger partial charge in [-0.2, -0.15) is 0 Å². The zero-order valence-corrected chi connectivity index (χ0v) is 11.6. The highest BCUT2D eigenvalue weighted by Gasteiger charge is 2.09. The molecule has 4 heteroatoms. The molecule has 2 aromatic rings. The molecular weight excluding hydrogens is 248 g/mol. The number of hydrogen-bond acceptors (Lipinski definition) is 3. The number of halogens is 1. The SMILES string of the molecule is Cc1cc(Cl)ccc1-c1cnc(CNC(C)C)o1. The maximum absolute atomic E-state index is 5.94. The van der Waals surface area contributed by atoms with Crippen molar-refractivity contribution in [2.75, 3.05) is 0 Å². The lowest BCUT2D eigenvalue weighted by Gasteiger charge is -2.04. The molecule has 96 valence electrons. The maximum atomic E-state index is 5.94. The van der Waals surface area contributed by atoms with Crippen LogP contribution in [0.2, 0.25) is 5.02 Å². The van der Waals surface area contributed by atoms with Crippen molar-refractivity contribution in [2.45, 2.75) is 33.4 Å². The van der Waals surface area contributed by atoms with Gasteiger partial charge >= 0.3 is 0 Å². The minimum Gasteiger partial charge on any atom is -0.439 e. The Morgan fingerprint density at radius 1 is 1.39 bits per heavy atom. The third kappa shape index (κ3) is 3.12. The molecule has 0 atom stereocenters. The molecule has 0 bridgehead atoms. The fourth-order valence-corrected chi connectivity index (χ4v) is 1.94. The van der Waals surface area contributed by atoms with Crippen LogP contribution in [0.15, 0.2) is 28.8 Å². The minimum absolute atomic E-state index is 0.414. The van der Waals surface area contributed by atoms with Crippen LogP contribution in [-0.4, -0.2) is 11.0 Å². The number of rotatable bonds is 4. The van der Waals surface area contributed by atoms with Gasteiger partial charge in [0.2, 0.25) is 5.89 Å². The molecule has 1 aromatic heterocycles. The average molecular weight is 265 g/mol. The van der Waals surface area contributed by atoms with Gasteiger partial charge < -0.3 is 9.73 Å². The van der Waals surface area contributed by atoms with Gasteiger partial charge in [-0.25, -0.2) is 4.98 Å². The summed E-state index contributed by atoms with van der Waals surface area (Å²) in [5.74, 6) is 1.48.